The van der Waals surface area contributed by atoms with Crippen LogP contribution in [0.2, 0.25) is 0 Å². The lowest BCUT2D eigenvalue weighted by molar-refractivity contribution is -0.137. The molecule has 0 N–H and O–H groups in total. The zero-order chi connectivity index (χ0) is 18.6. The molecule has 0 fully saturated rings. The zero-order valence-corrected chi connectivity index (χ0v) is 13.7. The number of aldehydes is 1. The molecule has 132 valence electrons. The molecule has 2 nitrogen and oxygen atoms in total. The van der Waals surface area contributed by atoms with Gasteiger partial charge in [-0.1, -0.05) is 48.5 Å². The Kier molecular flexibility index (Phi) is 5.07. The van der Waals surface area contributed by atoms with E-state index in [1.165, 1.54) is 12.1 Å². The zero-order valence-electron chi connectivity index (χ0n) is 13.7. The van der Waals surface area contributed by atoms with Gasteiger partial charge in [0.15, 0.2) is 6.29 Å². The second-order valence-corrected chi connectivity index (χ2v) is 5.72. The first kappa shape index (κ1) is 17.7. The summed E-state index contributed by atoms with van der Waals surface area (Å²) in [5.74, 6) is 0.430. The summed E-state index contributed by atoms with van der Waals surface area (Å²) < 4.78 is 43.7. The van der Waals surface area contributed by atoms with Crippen molar-refractivity contribution in [2.45, 2.75) is 12.8 Å². The molecule has 0 unspecified atom stereocenters. The van der Waals surface area contributed by atoms with Crippen molar-refractivity contribution in [1.29, 1.82) is 0 Å². The maximum atomic E-state index is 12.7. The van der Waals surface area contributed by atoms with Crippen LogP contribution in [0, 0.1) is 0 Å². The quantitative estimate of drug-likeness (QED) is 0.543. The lowest BCUT2D eigenvalue weighted by Crippen LogP contribution is -2.04. The average molecular weight is 356 g/mol. The van der Waals surface area contributed by atoms with Gasteiger partial charge in [-0.2, -0.15) is 13.2 Å². The van der Waals surface area contributed by atoms with Gasteiger partial charge in [0, 0.05) is 0 Å². The molecule has 26 heavy (non-hydrogen) atoms. The van der Waals surface area contributed by atoms with Crippen molar-refractivity contribution in [2.75, 3.05) is 0 Å². The smallest absolute Gasteiger partial charge is 0.416 e. The van der Waals surface area contributed by atoms with Crippen LogP contribution in [0.25, 0.3) is 11.1 Å². The minimum absolute atomic E-state index is 0.321. The van der Waals surface area contributed by atoms with Crippen molar-refractivity contribution in [3.05, 3.63) is 89.5 Å². The Labute approximate surface area is 148 Å². The van der Waals surface area contributed by atoms with Crippen LogP contribution < -0.4 is 4.74 Å². The number of rotatable bonds is 5. The van der Waals surface area contributed by atoms with Crippen LogP contribution >= 0.6 is 0 Å². The van der Waals surface area contributed by atoms with Crippen molar-refractivity contribution < 1.29 is 22.7 Å². The van der Waals surface area contributed by atoms with Gasteiger partial charge >= 0.3 is 6.18 Å². The van der Waals surface area contributed by atoms with Gasteiger partial charge in [-0.15, -0.1) is 0 Å². The van der Waals surface area contributed by atoms with Crippen molar-refractivity contribution >= 4 is 6.29 Å². The van der Waals surface area contributed by atoms with Crippen LogP contribution in [-0.2, 0) is 12.8 Å². The second kappa shape index (κ2) is 7.44. The van der Waals surface area contributed by atoms with Crippen LogP contribution in [0.3, 0.4) is 0 Å². The van der Waals surface area contributed by atoms with Gasteiger partial charge in [-0.3, -0.25) is 4.79 Å². The molecule has 0 saturated carbocycles. The molecule has 0 radical (unpaired) electrons. The molecular formula is C21H15F3O2. The molecule has 0 aliphatic carbocycles. The van der Waals surface area contributed by atoms with Crippen molar-refractivity contribution in [3.63, 3.8) is 0 Å². The van der Waals surface area contributed by atoms with Gasteiger partial charge in [0.2, 0.25) is 0 Å². The lowest BCUT2D eigenvalue weighted by Gasteiger charge is -2.11. The number of ether oxygens (including phenoxy) is 1. The molecule has 0 saturated heterocycles. The van der Waals surface area contributed by atoms with Gasteiger partial charge < -0.3 is 4.74 Å². The fraction of sp³-hybridized carbons (Fsp3) is 0.0952. The number of hydrogen-bond acceptors (Lipinski definition) is 2. The summed E-state index contributed by atoms with van der Waals surface area (Å²) in [6.45, 7) is 0.321. The molecule has 0 heterocycles. The number of carbonyl (C=O) groups excluding carboxylic acids is 1. The summed E-state index contributed by atoms with van der Waals surface area (Å²) in [5, 5.41) is 0. The van der Waals surface area contributed by atoms with E-state index in [2.05, 4.69) is 0 Å². The highest BCUT2D eigenvalue weighted by Crippen LogP contribution is 2.32. The lowest BCUT2D eigenvalue weighted by atomic mass is 10.0. The van der Waals surface area contributed by atoms with Crippen molar-refractivity contribution in [3.8, 4) is 16.9 Å². The monoisotopic (exact) mass is 356 g/mol. The van der Waals surface area contributed by atoms with Crippen LogP contribution in [0.4, 0.5) is 13.2 Å². The second-order valence-electron chi connectivity index (χ2n) is 5.72. The van der Waals surface area contributed by atoms with Crippen molar-refractivity contribution in [2.24, 2.45) is 0 Å². The predicted octanol–water partition coefficient (Wildman–Crippen LogP) is 5.76. The van der Waals surface area contributed by atoms with Crippen molar-refractivity contribution in [1.82, 2.24) is 0 Å². The number of halogens is 3. The van der Waals surface area contributed by atoms with Gasteiger partial charge in [0.1, 0.15) is 12.4 Å². The number of alkyl halides is 3. The largest absolute Gasteiger partial charge is 0.488 e. The maximum Gasteiger partial charge on any atom is 0.416 e. The van der Waals surface area contributed by atoms with E-state index in [-0.39, 0.29) is 0 Å². The molecule has 0 bridgehead atoms. The maximum absolute atomic E-state index is 12.7. The van der Waals surface area contributed by atoms with E-state index in [4.69, 9.17) is 4.74 Å². The van der Waals surface area contributed by atoms with Crippen LogP contribution in [0.5, 0.6) is 5.75 Å². The van der Waals surface area contributed by atoms with E-state index in [1.807, 2.05) is 30.3 Å². The Morgan fingerprint density at radius 3 is 2.12 bits per heavy atom. The SMILES string of the molecule is O=Cc1cc(-c2ccc(C(F)(F)F)cc2)ccc1OCc1ccccc1. The van der Waals surface area contributed by atoms with E-state index in [0.29, 0.717) is 35.3 Å². The number of hydrogen-bond donors (Lipinski definition) is 0. The molecule has 0 aromatic heterocycles. The molecule has 0 spiro atoms. The van der Waals surface area contributed by atoms with Gasteiger partial charge in [-0.25, -0.2) is 0 Å². The van der Waals surface area contributed by atoms with Crippen LogP contribution in [-0.4, -0.2) is 6.29 Å². The van der Waals surface area contributed by atoms with Crippen LogP contribution in [0.15, 0.2) is 72.8 Å². The van der Waals surface area contributed by atoms with E-state index in [0.717, 1.165) is 17.7 Å². The topological polar surface area (TPSA) is 26.3 Å². The third-order valence-electron chi connectivity index (χ3n) is 3.92. The highest BCUT2D eigenvalue weighted by Gasteiger charge is 2.29. The summed E-state index contributed by atoms with van der Waals surface area (Å²) in [6, 6.07) is 19.3. The Morgan fingerprint density at radius 1 is 0.846 bits per heavy atom. The third-order valence-corrected chi connectivity index (χ3v) is 3.92. The molecule has 0 amide bonds. The first-order chi connectivity index (χ1) is 12.5. The summed E-state index contributed by atoms with van der Waals surface area (Å²) in [5.41, 5.74) is 1.85. The van der Waals surface area contributed by atoms with Gasteiger partial charge in [0.05, 0.1) is 11.1 Å². The molecular weight excluding hydrogens is 341 g/mol. The van der Waals surface area contributed by atoms with E-state index in [1.54, 1.807) is 18.2 Å². The molecule has 0 aliphatic rings. The Bertz CT molecular complexity index is 885. The molecule has 5 heteroatoms. The molecule has 0 aliphatic heterocycles. The Balaban J connectivity index is 1.81. The first-order valence-corrected chi connectivity index (χ1v) is 7.91. The number of benzene rings is 3. The Morgan fingerprint density at radius 2 is 1.50 bits per heavy atom. The normalized spacial score (nSPS) is 11.2. The fourth-order valence-electron chi connectivity index (χ4n) is 2.54. The molecule has 3 aromatic carbocycles. The minimum Gasteiger partial charge on any atom is -0.488 e. The summed E-state index contributed by atoms with van der Waals surface area (Å²) in [6.07, 6.45) is -3.70. The third kappa shape index (κ3) is 4.11. The predicted molar refractivity (Wildman–Crippen MR) is 93.0 cm³/mol. The molecule has 3 rings (SSSR count). The fourth-order valence-corrected chi connectivity index (χ4v) is 2.54. The summed E-state index contributed by atoms with van der Waals surface area (Å²) in [7, 11) is 0. The average Bonchev–Trinajstić information content (AvgIpc) is 2.66. The summed E-state index contributed by atoms with van der Waals surface area (Å²) >= 11 is 0. The molecule has 3 aromatic rings. The molecule has 0 atom stereocenters. The standard InChI is InChI=1S/C21H15F3O2/c22-21(23,24)19-9-6-16(7-10-19)17-8-11-20(18(12-17)13-25)26-14-15-4-2-1-3-5-15/h1-13H,14H2. The number of carbonyl (C=O) groups is 1. The Hall–Kier alpha value is -3.08. The van der Waals surface area contributed by atoms with Crippen LogP contribution in [0.1, 0.15) is 21.5 Å². The van der Waals surface area contributed by atoms with Gasteiger partial charge in [-0.05, 0) is 41.0 Å². The van der Waals surface area contributed by atoms with Gasteiger partial charge in [0.25, 0.3) is 0 Å². The summed E-state index contributed by atoms with van der Waals surface area (Å²) in [4.78, 5) is 11.4. The highest BCUT2D eigenvalue weighted by molar-refractivity contribution is 5.83. The first-order valence-electron chi connectivity index (χ1n) is 7.91. The minimum atomic E-state index is -4.37. The van der Waals surface area contributed by atoms with E-state index >= 15 is 0 Å². The highest BCUT2D eigenvalue weighted by atomic mass is 19.4. The van der Waals surface area contributed by atoms with E-state index in [9.17, 15) is 18.0 Å². The van der Waals surface area contributed by atoms with E-state index < -0.39 is 11.7 Å².